The highest BCUT2D eigenvalue weighted by Crippen LogP contribution is 2.42. The van der Waals surface area contributed by atoms with E-state index >= 15 is 0 Å². The zero-order valence-corrected chi connectivity index (χ0v) is 29.4. The van der Waals surface area contributed by atoms with Gasteiger partial charge in [0.15, 0.2) is 0 Å². The van der Waals surface area contributed by atoms with Gasteiger partial charge in [0, 0.05) is 44.5 Å². The van der Waals surface area contributed by atoms with Crippen molar-refractivity contribution in [1.29, 1.82) is 0 Å². The van der Waals surface area contributed by atoms with E-state index in [0.29, 0.717) is 0 Å². The van der Waals surface area contributed by atoms with Gasteiger partial charge in [0.2, 0.25) is 0 Å². The van der Waals surface area contributed by atoms with Crippen LogP contribution in [0.4, 0.5) is 0 Å². The fourth-order valence-electron chi connectivity index (χ4n) is 8.48. The Morgan fingerprint density at radius 2 is 0.778 bits per heavy atom. The van der Waals surface area contributed by atoms with E-state index in [9.17, 15) is 0 Å². The predicted molar refractivity (Wildman–Crippen MR) is 227 cm³/mol. The van der Waals surface area contributed by atoms with Gasteiger partial charge in [-0.3, -0.25) is 4.98 Å². The van der Waals surface area contributed by atoms with Crippen LogP contribution in [0, 0.1) is 0 Å². The lowest BCUT2D eigenvalue weighted by Crippen LogP contribution is -1.98. The molecule has 0 spiro atoms. The van der Waals surface area contributed by atoms with Crippen LogP contribution in [0.2, 0.25) is 0 Å². The van der Waals surface area contributed by atoms with Crippen LogP contribution in [0.1, 0.15) is 0 Å². The Morgan fingerprint density at radius 3 is 1.43 bits per heavy atom. The average molecular weight is 688 g/mol. The quantitative estimate of drug-likeness (QED) is 0.177. The highest BCUT2D eigenvalue weighted by molar-refractivity contribution is 6.25. The molecular formula is C51H33N3. The Hall–Kier alpha value is -7.23. The van der Waals surface area contributed by atoms with E-state index in [1.807, 2.05) is 0 Å². The standard InChI is InChI=1S/C51H33N3/c1-4-15-34(16-5-1)37-21-14-22-40(30-37)53-48-26-13-11-24-45(48)49-51(53)44-28-27-43-42-23-10-12-25-47(42)54(50(43)46(44)33-52-49)41-31-38(35-17-6-2-7-18-35)29-39(32-41)36-19-8-3-9-20-36/h1-33H. The second kappa shape index (κ2) is 12.2. The van der Waals surface area contributed by atoms with E-state index < -0.39 is 0 Å². The second-order valence-electron chi connectivity index (χ2n) is 14.0. The van der Waals surface area contributed by atoms with Crippen molar-refractivity contribution in [2.45, 2.75) is 0 Å². The third-order valence-corrected chi connectivity index (χ3v) is 10.9. The maximum absolute atomic E-state index is 5.32. The molecule has 3 heterocycles. The summed E-state index contributed by atoms with van der Waals surface area (Å²) in [7, 11) is 0. The van der Waals surface area contributed by atoms with Crippen molar-refractivity contribution in [2.75, 3.05) is 0 Å². The SMILES string of the molecule is c1ccc(-c2cc(-c3ccccc3)cc(-n3c4ccccc4c4ccc5c(cnc6c7ccccc7n(-c7cccc(-c8ccccc8)c7)c56)c43)c2)cc1. The number of hydrogen-bond donors (Lipinski definition) is 0. The summed E-state index contributed by atoms with van der Waals surface area (Å²) in [5.41, 5.74) is 14.9. The Bertz CT molecular complexity index is 3130. The van der Waals surface area contributed by atoms with E-state index in [-0.39, 0.29) is 0 Å². The van der Waals surface area contributed by atoms with E-state index in [1.165, 1.54) is 55.1 Å². The molecule has 0 atom stereocenters. The van der Waals surface area contributed by atoms with Gasteiger partial charge in [-0.2, -0.15) is 0 Å². The molecule has 0 amide bonds. The third kappa shape index (κ3) is 4.72. The molecule has 0 saturated heterocycles. The first-order valence-electron chi connectivity index (χ1n) is 18.5. The molecule has 0 aliphatic heterocycles. The summed E-state index contributed by atoms with van der Waals surface area (Å²) in [6.07, 6.45) is 2.10. The molecule has 11 aromatic rings. The molecule has 0 saturated carbocycles. The lowest BCUT2D eigenvalue weighted by molar-refractivity contribution is 1.18. The molecule has 0 radical (unpaired) electrons. The lowest BCUT2D eigenvalue weighted by Gasteiger charge is -2.15. The van der Waals surface area contributed by atoms with Crippen LogP contribution in [0.25, 0.3) is 99.3 Å². The summed E-state index contributed by atoms with van der Waals surface area (Å²) >= 11 is 0. The number of hydrogen-bond acceptors (Lipinski definition) is 1. The molecule has 0 aliphatic carbocycles. The summed E-state index contributed by atoms with van der Waals surface area (Å²) in [6.45, 7) is 0. The summed E-state index contributed by atoms with van der Waals surface area (Å²) in [6, 6.07) is 69.9. The van der Waals surface area contributed by atoms with Gasteiger partial charge in [0.1, 0.15) is 0 Å². The van der Waals surface area contributed by atoms with Crippen LogP contribution < -0.4 is 0 Å². The largest absolute Gasteiger partial charge is 0.309 e. The minimum atomic E-state index is 1.00. The molecule has 0 fully saturated rings. The second-order valence-corrected chi connectivity index (χ2v) is 14.0. The topological polar surface area (TPSA) is 22.8 Å². The molecule has 3 heteroatoms. The Balaban J connectivity index is 1.25. The van der Waals surface area contributed by atoms with E-state index in [0.717, 1.165) is 44.2 Å². The van der Waals surface area contributed by atoms with Crippen molar-refractivity contribution in [3.05, 3.63) is 200 Å². The Kier molecular flexibility index (Phi) is 6.86. The fraction of sp³-hybridized carbons (Fsp3) is 0. The van der Waals surface area contributed by atoms with Crippen molar-refractivity contribution in [3.8, 4) is 44.8 Å². The van der Waals surface area contributed by atoms with Crippen LogP contribution in [0.3, 0.4) is 0 Å². The smallest absolute Gasteiger partial charge is 0.0970 e. The molecule has 54 heavy (non-hydrogen) atoms. The molecule has 0 aliphatic rings. The highest BCUT2D eigenvalue weighted by Gasteiger charge is 2.21. The van der Waals surface area contributed by atoms with Gasteiger partial charge in [-0.05, 0) is 75.8 Å². The van der Waals surface area contributed by atoms with Gasteiger partial charge in [0.05, 0.1) is 27.6 Å². The van der Waals surface area contributed by atoms with Gasteiger partial charge in [-0.15, -0.1) is 0 Å². The number of nitrogens with zero attached hydrogens (tertiary/aromatic N) is 3. The molecule has 3 aromatic heterocycles. The summed E-state index contributed by atoms with van der Waals surface area (Å²) < 4.78 is 4.87. The highest BCUT2D eigenvalue weighted by atomic mass is 15.0. The van der Waals surface area contributed by atoms with Crippen LogP contribution in [0.15, 0.2) is 200 Å². The zero-order chi connectivity index (χ0) is 35.6. The number of para-hydroxylation sites is 2. The van der Waals surface area contributed by atoms with E-state index in [4.69, 9.17) is 4.98 Å². The fourth-order valence-corrected chi connectivity index (χ4v) is 8.48. The van der Waals surface area contributed by atoms with Crippen molar-refractivity contribution in [1.82, 2.24) is 14.1 Å². The van der Waals surface area contributed by atoms with E-state index in [1.54, 1.807) is 0 Å². The Labute approximate surface area is 312 Å². The molecule has 0 bridgehead atoms. The molecule has 8 aromatic carbocycles. The predicted octanol–water partition coefficient (Wildman–Crippen LogP) is 13.4. The number of aromatic nitrogens is 3. The average Bonchev–Trinajstić information content (AvgIpc) is 3.78. The first kappa shape index (κ1) is 30.4. The number of fused-ring (bicyclic) bond motifs is 9. The maximum Gasteiger partial charge on any atom is 0.0970 e. The first-order valence-corrected chi connectivity index (χ1v) is 18.5. The Morgan fingerprint density at radius 1 is 0.296 bits per heavy atom. The molecular weight excluding hydrogens is 655 g/mol. The third-order valence-electron chi connectivity index (χ3n) is 10.9. The normalized spacial score (nSPS) is 11.7. The van der Waals surface area contributed by atoms with Crippen molar-refractivity contribution < 1.29 is 0 Å². The molecule has 11 rings (SSSR count). The molecule has 3 nitrogen and oxygen atoms in total. The van der Waals surface area contributed by atoms with Gasteiger partial charge in [-0.1, -0.05) is 152 Å². The zero-order valence-electron chi connectivity index (χ0n) is 29.4. The van der Waals surface area contributed by atoms with Gasteiger partial charge >= 0.3 is 0 Å². The minimum absolute atomic E-state index is 1.00. The van der Waals surface area contributed by atoms with Crippen molar-refractivity contribution in [3.63, 3.8) is 0 Å². The van der Waals surface area contributed by atoms with Crippen LogP contribution in [0.5, 0.6) is 0 Å². The van der Waals surface area contributed by atoms with Crippen LogP contribution in [-0.4, -0.2) is 14.1 Å². The summed E-state index contributed by atoms with van der Waals surface area (Å²) in [5, 5.41) is 5.85. The number of benzene rings is 8. The van der Waals surface area contributed by atoms with E-state index in [2.05, 4.69) is 209 Å². The molecule has 0 unspecified atom stereocenters. The molecule has 0 N–H and O–H groups in total. The van der Waals surface area contributed by atoms with Gasteiger partial charge < -0.3 is 9.13 Å². The minimum Gasteiger partial charge on any atom is -0.309 e. The van der Waals surface area contributed by atoms with Crippen LogP contribution >= 0.6 is 0 Å². The molecule has 252 valence electrons. The first-order chi connectivity index (χ1) is 26.8. The van der Waals surface area contributed by atoms with Crippen LogP contribution in [-0.2, 0) is 0 Å². The van der Waals surface area contributed by atoms with Gasteiger partial charge in [-0.25, -0.2) is 0 Å². The van der Waals surface area contributed by atoms with Crippen molar-refractivity contribution in [2.24, 2.45) is 0 Å². The summed E-state index contributed by atoms with van der Waals surface area (Å²) in [4.78, 5) is 5.32. The lowest BCUT2D eigenvalue weighted by atomic mass is 9.98. The maximum atomic E-state index is 5.32. The monoisotopic (exact) mass is 687 g/mol. The van der Waals surface area contributed by atoms with Gasteiger partial charge in [0.25, 0.3) is 0 Å². The number of rotatable bonds is 5. The van der Waals surface area contributed by atoms with Crippen molar-refractivity contribution >= 4 is 54.5 Å². The number of pyridine rings is 1. The summed E-state index contributed by atoms with van der Waals surface area (Å²) in [5.74, 6) is 0.